The summed E-state index contributed by atoms with van der Waals surface area (Å²) in [6.45, 7) is 3.93. The fraction of sp³-hybridized carbons (Fsp3) is 0.312. The Kier molecular flexibility index (Phi) is 10.2. The van der Waals surface area contributed by atoms with Crippen LogP contribution in [0.1, 0.15) is 42.6 Å². The number of hydrogen-bond donors (Lipinski definition) is 4. The Morgan fingerprint density at radius 2 is 1.67 bits per heavy atom. The second-order valence-electron chi connectivity index (χ2n) is 10.8. The van der Waals surface area contributed by atoms with E-state index in [1.165, 1.54) is 7.11 Å². The molecule has 0 aliphatic rings. The molecular formula is C32H38N4O5S. The first-order valence-corrected chi connectivity index (χ1v) is 15.6. The fourth-order valence-electron chi connectivity index (χ4n) is 4.77. The number of nitrogens with one attached hydrogen (secondary N) is 4. The van der Waals surface area contributed by atoms with E-state index in [1.54, 1.807) is 42.6 Å². The van der Waals surface area contributed by atoms with Gasteiger partial charge in [-0.05, 0) is 79.3 Å². The largest absolute Gasteiger partial charge is 0.497 e. The number of carbonyl (C=O) groups excluding carboxylic acids is 2. The van der Waals surface area contributed by atoms with Crippen molar-refractivity contribution in [3.63, 3.8) is 0 Å². The Hall–Kier alpha value is -4.31. The minimum atomic E-state index is -3.83. The van der Waals surface area contributed by atoms with E-state index >= 15 is 0 Å². The highest BCUT2D eigenvalue weighted by molar-refractivity contribution is 7.92. The number of methoxy groups -OCH3 is 1. The first-order valence-electron chi connectivity index (χ1n) is 14.0. The second-order valence-corrected chi connectivity index (χ2v) is 12.5. The molecule has 0 aliphatic heterocycles. The van der Waals surface area contributed by atoms with Gasteiger partial charge in [0, 0.05) is 34.4 Å². The molecular weight excluding hydrogens is 552 g/mol. The summed E-state index contributed by atoms with van der Waals surface area (Å²) in [6.07, 6.45) is 3.16. The van der Waals surface area contributed by atoms with E-state index in [0.717, 1.165) is 16.5 Å². The topological polar surface area (TPSA) is 129 Å². The minimum Gasteiger partial charge on any atom is -0.497 e. The lowest BCUT2D eigenvalue weighted by Crippen LogP contribution is -2.52. The molecule has 1 heterocycles. The Labute approximate surface area is 247 Å². The predicted molar refractivity (Wildman–Crippen MR) is 166 cm³/mol. The molecule has 0 saturated heterocycles. The van der Waals surface area contributed by atoms with Crippen molar-refractivity contribution in [2.75, 3.05) is 17.6 Å². The maximum Gasteiger partial charge on any atom is 0.251 e. The molecule has 1 aromatic heterocycles. The van der Waals surface area contributed by atoms with Crippen molar-refractivity contribution in [3.05, 3.63) is 96.2 Å². The molecule has 3 aromatic carbocycles. The number of benzene rings is 3. The number of rotatable bonds is 14. The molecule has 9 nitrogen and oxygen atoms in total. The monoisotopic (exact) mass is 590 g/mol. The van der Waals surface area contributed by atoms with Gasteiger partial charge in [-0.3, -0.25) is 14.3 Å². The van der Waals surface area contributed by atoms with Gasteiger partial charge in [-0.1, -0.05) is 44.2 Å². The molecule has 0 unspecified atom stereocenters. The molecule has 42 heavy (non-hydrogen) atoms. The van der Waals surface area contributed by atoms with Crippen LogP contribution in [-0.4, -0.2) is 50.2 Å². The molecule has 2 atom stereocenters. The van der Waals surface area contributed by atoms with Gasteiger partial charge in [0.05, 0.1) is 12.9 Å². The average Bonchev–Trinajstić information content (AvgIpc) is 3.44. The smallest absolute Gasteiger partial charge is 0.251 e. The SMILES string of the molecule is COc1ccc(NS(=O)(=O)C[C@H](CCc2ccccc2)NC(=O)[C@H](CC(C)C)NC(=O)c2ccc3[nH]ccc3c2)cc1. The van der Waals surface area contributed by atoms with Gasteiger partial charge in [0.15, 0.2) is 0 Å². The van der Waals surface area contributed by atoms with Gasteiger partial charge in [-0.25, -0.2) is 8.42 Å². The third kappa shape index (κ3) is 8.84. The number of ether oxygens (including phenoxy) is 1. The van der Waals surface area contributed by atoms with Gasteiger partial charge in [0.2, 0.25) is 15.9 Å². The number of H-pyrrole nitrogens is 1. The van der Waals surface area contributed by atoms with E-state index in [0.29, 0.717) is 36.3 Å². The van der Waals surface area contributed by atoms with Gasteiger partial charge in [0.25, 0.3) is 5.91 Å². The van der Waals surface area contributed by atoms with Crippen molar-refractivity contribution in [3.8, 4) is 5.75 Å². The van der Waals surface area contributed by atoms with Crippen LogP contribution in [0.3, 0.4) is 0 Å². The third-order valence-corrected chi connectivity index (χ3v) is 8.29. The first kappa shape index (κ1) is 30.6. The number of aromatic amines is 1. The number of carbonyl (C=O) groups is 2. The number of aryl methyl sites for hydroxylation is 1. The van der Waals surface area contributed by atoms with Gasteiger partial charge in [-0.2, -0.15) is 0 Å². The summed E-state index contributed by atoms with van der Waals surface area (Å²) in [4.78, 5) is 29.9. The molecule has 0 aliphatic carbocycles. The summed E-state index contributed by atoms with van der Waals surface area (Å²) in [5.41, 5.74) is 2.78. The minimum absolute atomic E-state index is 0.108. The van der Waals surface area contributed by atoms with E-state index in [4.69, 9.17) is 4.74 Å². The summed E-state index contributed by atoms with van der Waals surface area (Å²) in [7, 11) is -2.29. The van der Waals surface area contributed by atoms with Crippen LogP contribution in [-0.2, 0) is 21.2 Å². The van der Waals surface area contributed by atoms with Crippen molar-refractivity contribution < 1.29 is 22.7 Å². The summed E-state index contributed by atoms with van der Waals surface area (Å²) in [6, 6.07) is 21.9. The Morgan fingerprint density at radius 3 is 2.36 bits per heavy atom. The average molecular weight is 591 g/mol. The summed E-state index contributed by atoms with van der Waals surface area (Å²) >= 11 is 0. The maximum atomic E-state index is 13.6. The second kappa shape index (κ2) is 14.0. The zero-order chi connectivity index (χ0) is 30.1. The van der Waals surface area contributed by atoms with E-state index in [2.05, 4.69) is 20.3 Å². The lowest BCUT2D eigenvalue weighted by molar-refractivity contribution is -0.124. The molecule has 0 fully saturated rings. The summed E-state index contributed by atoms with van der Waals surface area (Å²) < 4.78 is 34.1. The number of aromatic nitrogens is 1. The van der Waals surface area contributed by atoms with Crippen molar-refractivity contribution in [1.29, 1.82) is 0 Å². The molecule has 0 saturated carbocycles. The first-order chi connectivity index (χ1) is 20.1. The van der Waals surface area contributed by atoms with Crippen LogP contribution in [0.4, 0.5) is 5.69 Å². The Bertz CT molecular complexity index is 1580. The van der Waals surface area contributed by atoms with Crippen LogP contribution in [0, 0.1) is 5.92 Å². The van der Waals surface area contributed by atoms with E-state index in [-0.39, 0.29) is 17.6 Å². The summed E-state index contributed by atoms with van der Waals surface area (Å²) in [5, 5.41) is 6.70. The van der Waals surface area contributed by atoms with Crippen molar-refractivity contribution >= 4 is 38.4 Å². The number of hydrogen-bond acceptors (Lipinski definition) is 5. The highest BCUT2D eigenvalue weighted by Gasteiger charge is 2.27. The molecule has 2 amide bonds. The van der Waals surface area contributed by atoms with E-state index < -0.39 is 28.0 Å². The highest BCUT2D eigenvalue weighted by atomic mass is 32.2. The van der Waals surface area contributed by atoms with Gasteiger partial charge in [0.1, 0.15) is 11.8 Å². The van der Waals surface area contributed by atoms with Crippen LogP contribution in [0.2, 0.25) is 0 Å². The van der Waals surface area contributed by atoms with Crippen LogP contribution in [0.5, 0.6) is 5.75 Å². The summed E-state index contributed by atoms with van der Waals surface area (Å²) in [5.74, 6) is -0.399. The van der Waals surface area contributed by atoms with Gasteiger partial charge in [-0.15, -0.1) is 0 Å². The van der Waals surface area contributed by atoms with Crippen molar-refractivity contribution in [2.24, 2.45) is 5.92 Å². The van der Waals surface area contributed by atoms with Crippen LogP contribution in [0.25, 0.3) is 10.9 Å². The molecule has 10 heteroatoms. The van der Waals surface area contributed by atoms with E-state index in [1.807, 2.05) is 56.3 Å². The highest BCUT2D eigenvalue weighted by Crippen LogP contribution is 2.18. The van der Waals surface area contributed by atoms with Crippen LogP contribution < -0.4 is 20.1 Å². The third-order valence-electron chi connectivity index (χ3n) is 6.90. The normalized spacial score (nSPS) is 13.0. The quantitative estimate of drug-likeness (QED) is 0.166. The van der Waals surface area contributed by atoms with E-state index in [9.17, 15) is 18.0 Å². The standard InChI is InChI=1S/C32H38N4O5S/c1-22(2)19-30(35-31(37)25-10-16-29-24(20-25)17-18-33-29)32(38)34-27(11-9-23-7-5-4-6-8-23)21-42(39,40)36-26-12-14-28(41-3)15-13-26/h4-8,10,12-18,20,22,27,30,33,36H,9,11,19,21H2,1-3H3,(H,34,38)(H,35,37)/t27-,30-/m0/s1. The Balaban J connectivity index is 1.49. The molecule has 0 spiro atoms. The number of anilines is 1. The lowest BCUT2D eigenvalue weighted by Gasteiger charge is -2.25. The molecule has 222 valence electrons. The maximum absolute atomic E-state index is 13.6. The molecule has 4 N–H and O–H groups in total. The van der Waals surface area contributed by atoms with Gasteiger partial charge >= 0.3 is 0 Å². The lowest BCUT2D eigenvalue weighted by atomic mass is 10.0. The van der Waals surface area contributed by atoms with Crippen molar-refractivity contribution in [1.82, 2.24) is 15.6 Å². The van der Waals surface area contributed by atoms with Crippen LogP contribution in [0.15, 0.2) is 85.1 Å². The number of fused-ring (bicyclic) bond motifs is 1. The number of sulfonamides is 1. The molecule has 0 bridgehead atoms. The zero-order valence-electron chi connectivity index (χ0n) is 24.1. The van der Waals surface area contributed by atoms with Crippen LogP contribution >= 0.6 is 0 Å². The number of amides is 2. The molecule has 0 radical (unpaired) electrons. The molecule has 4 aromatic rings. The fourth-order valence-corrected chi connectivity index (χ4v) is 6.13. The van der Waals surface area contributed by atoms with Crippen molar-refractivity contribution in [2.45, 2.75) is 45.2 Å². The van der Waals surface area contributed by atoms with Gasteiger partial charge < -0.3 is 20.4 Å². The predicted octanol–water partition coefficient (Wildman–Crippen LogP) is 4.88. The Morgan fingerprint density at radius 1 is 0.929 bits per heavy atom. The zero-order valence-corrected chi connectivity index (χ0v) is 24.9. The molecule has 4 rings (SSSR count).